The Morgan fingerprint density at radius 2 is 1.50 bits per heavy atom. The Morgan fingerprint density at radius 3 is 2.38 bits per heavy atom. The van der Waals surface area contributed by atoms with Gasteiger partial charge in [0.2, 0.25) is 0 Å². The Balaban J connectivity index is 2.02. The molecule has 0 N–H and O–H groups in total. The van der Waals surface area contributed by atoms with E-state index in [-0.39, 0.29) is 63.2 Å². The molecule has 0 saturated heterocycles. The number of benzene rings is 4. The lowest BCUT2D eigenvalue weighted by molar-refractivity contribution is 1.18. The van der Waals surface area contributed by atoms with E-state index in [1.54, 1.807) is 10.6 Å². The minimum Gasteiger partial charge on any atom is -0.309 e. The van der Waals surface area contributed by atoms with Crippen molar-refractivity contribution < 1.29 is 9.60 Å². The van der Waals surface area contributed by atoms with Gasteiger partial charge in [0.1, 0.15) is 0 Å². The van der Waals surface area contributed by atoms with Gasteiger partial charge < -0.3 is 4.57 Å². The Hall–Kier alpha value is -2.84. The number of para-hydroxylation sites is 1. The van der Waals surface area contributed by atoms with E-state index in [0.717, 1.165) is 11.1 Å². The quantitative estimate of drug-likeness (QED) is 0.292. The minimum absolute atomic E-state index is 0.197. The normalized spacial score (nSPS) is 15.0. The summed E-state index contributed by atoms with van der Waals surface area (Å²) in [6, 6.07) is 15.3. The Morgan fingerprint density at radius 1 is 0.731 bits per heavy atom. The molecule has 5 aromatic rings. The number of aromatic nitrogens is 1. The molecule has 0 amide bonds. The molecule has 4 aromatic carbocycles. The van der Waals surface area contributed by atoms with Crippen LogP contribution in [0.5, 0.6) is 0 Å². The second-order valence-electron chi connectivity index (χ2n) is 5.89. The summed E-state index contributed by atoms with van der Waals surface area (Å²) in [6.45, 7) is 0. The van der Waals surface area contributed by atoms with Crippen LogP contribution in [0.25, 0.3) is 38.6 Å². The van der Waals surface area contributed by atoms with Crippen molar-refractivity contribution in [3.05, 3.63) is 101 Å². The van der Waals surface area contributed by atoms with Gasteiger partial charge in [-0.15, -0.1) is 0 Å². The van der Waals surface area contributed by atoms with E-state index >= 15 is 0 Å². The molecule has 1 heterocycles. The summed E-state index contributed by atoms with van der Waals surface area (Å²) >= 11 is 3.37. The molecule has 0 fully saturated rings. The lowest BCUT2D eigenvalue weighted by Crippen LogP contribution is -1.94. The van der Waals surface area contributed by atoms with Crippen molar-refractivity contribution in [3.63, 3.8) is 0 Å². The molecule has 0 aliphatic carbocycles. The van der Waals surface area contributed by atoms with E-state index in [1.807, 2.05) is 48.5 Å². The fourth-order valence-corrected chi connectivity index (χ4v) is 3.73. The van der Waals surface area contributed by atoms with E-state index in [4.69, 9.17) is 9.60 Å². The number of rotatable bonds is 2. The smallest absolute Gasteiger partial charge is 0.0645 e. The van der Waals surface area contributed by atoms with Gasteiger partial charge >= 0.3 is 0 Å². The molecule has 1 nitrogen and oxygen atoms in total. The molecular formula is C24H16BrN. The summed E-state index contributed by atoms with van der Waals surface area (Å²) in [5, 5.41) is 0.545. The number of nitrogens with zero attached hydrogens (tertiary/aromatic N) is 1. The maximum Gasteiger partial charge on any atom is 0.0645 e. The van der Waals surface area contributed by atoms with Crippen molar-refractivity contribution in [3.8, 4) is 16.8 Å². The fraction of sp³-hybridized carbons (Fsp3) is 0. The Labute approximate surface area is 170 Å². The van der Waals surface area contributed by atoms with Crippen molar-refractivity contribution in [2.24, 2.45) is 0 Å². The summed E-state index contributed by atoms with van der Waals surface area (Å²) in [5.41, 5.74) is 2.94. The summed E-state index contributed by atoms with van der Waals surface area (Å²) < 4.78 is 60.6. The lowest BCUT2D eigenvalue weighted by atomic mass is 10.1. The molecule has 124 valence electrons. The number of halogens is 1. The monoisotopic (exact) mass is 404 g/mol. The van der Waals surface area contributed by atoms with Gasteiger partial charge in [0.25, 0.3) is 0 Å². The standard InChI is InChI=1S/C24H16BrN/c25-21-13-7-15-23-24(21)20-12-4-5-14-22(20)26(23)19-11-6-10-18(16-19)17-8-2-1-3-9-17/h1-16H/i4D,5D,7D,12D,13D,14D,15D. The first-order chi connectivity index (χ1) is 15.7. The van der Waals surface area contributed by atoms with Gasteiger partial charge in [-0.3, -0.25) is 0 Å². The summed E-state index contributed by atoms with van der Waals surface area (Å²) in [4.78, 5) is 0. The molecule has 1 aromatic heterocycles. The van der Waals surface area contributed by atoms with Crippen LogP contribution in [0.4, 0.5) is 0 Å². The van der Waals surface area contributed by atoms with Gasteiger partial charge in [-0.2, -0.15) is 0 Å². The fourth-order valence-electron chi connectivity index (χ4n) is 3.25. The van der Waals surface area contributed by atoms with Crippen LogP contribution in [-0.4, -0.2) is 4.57 Å². The van der Waals surface area contributed by atoms with Gasteiger partial charge in [0, 0.05) is 20.9 Å². The predicted molar refractivity (Wildman–Crippen MR) is 114 cm³/mol. The highest BCUT2D eigenvalue weighted by molar-refractivity contribution is 9.10. The molecule has 0 saturated carbocycles. The first-order valence-corrected chi connectivity index (χ1v) is 8.88. The Bertz CT molecular complexity index is 1520. The van der Waals surface area contributed by atoms with Gasteiger partial charge in [-0.05, 0) is 41.4 Å². The van der Waals surface area contributed by atoms with Crippen LogP contribution in [0, 0.1) is 0 Å². The lowest BCUT2D eigenvalue weighted by Gasteiger charge is -2.10. The van der Waals surface area contributed by atoms with Crippen molar-refractivity contribution >= 4 is 37.7 Å². The van der Waals surface area contributed by atoms with Crippen LogP contribution in [0.1, 0.15) is 9.60 Å². The summed E-state index contributed by atoms with van der Waals surface area (Å²) in [5.74, 6) is 0. The molecule has 0 radical (unpaired) electrons. The summed E-state index contributed by atoms with van der Waals surface area (Å²) in [7, 11) is 0. The van der Waals surface area contributed by atoms with Crippen LogP contribution in [-0.2, 0) is 0 Å². The second kappa shape index (κ2) is 6.15. The van der Waals surface area contributed by atoms with Crippen LogP contribution in [0.2, 0.25) is 0 Å². The first kappa shape index (κ1) is 9.75. The van der Waals surface area contributed by atoms with Crippen LogP contribution < -0.4 is 0 Å². The third-order valence-corrected chi connectivity index (χ3v) is 4.98. The molecule has 0 unspecified atom stereocenters. The first-order valence-electron chi connectivity index (χ1n) is 11.6. The highest BCUT2D eigenvalue weighted by Crippen LogP contribution is 2.36. The maximum atomic E-state index is 8.65. The van der Waals surface area contributed by atoms with E-state index in [1.165, 1.54) is 0 Å². The van der Waals surface area contributed by atoms with Crippen molar-refractivity contribution in [2.45, 2.75) is 0 Å². The van der Waals surface area contributed by atoms with E-state index in [2.05, 4.69) is 15.9 Å². The molecular weight excluding hydrogens is 382 g/mol. The number of hydrogen-bond donors (Lipinski definition) is 0. The maximum absolute atomic E-state index is 8.65. The third kappa shape index (κ3) is 2.38. The van der Waals surface area contributed by atoms with Gasteiger partial charge in [-0.1, -0.05) is 82.6 Å². The molecule has 0 aliphatic rings. The molecule has 0 spiro atoms. The minimum atomic E-state index is -0.385. The molecule has 0 atom stereocenters. The summed E-state index contributed by atoms with van der Waals surface area (Å²) in [6.07, 6.45) is 0. The Kier molecular flexibility index (Phi) is 2.31. The number of fused-ring (bicyclic) bond motifs is 3. The van der Waals surface area contributed by atoms with Gasteiger partial charge in [-0.25, -0.2) is 0 Å². The highest BCUT2D eigenvalue weighted by atomic mass is 79.9. The molecule has 2 heteroatoms. The largest absolute Gasteiger partial charge is 0.309 e. The average molecular weight is 405 g/mol. The SMILES string of the molecule is [2H]c1c([2H])c([2H])c2c(c1[2H])c1c(Br)c([2H])c([2H])c([2H])c1n2-c1cccc(-c2ccccc2)c1. The zero-order chi connectivity index (χ0) is 23.6. The zero-order valence-electron chi connectivity index (χ0n) is 20.5. The molecule has 0 bridgehead atoms. The predicted octanol–water partition coefficient (Wildman–Crippen LogP) is 7.21. The zero-order valence-corrected chi connectivity index (χ0v) is 15.1. The van der Waals surface area contributed by atoms with Crippen LogP contribution in [0.3, 0.4) is 0 Å². The van der Waals surface area contributed by atoms with Crippen molar-refractivity contribution in [1.82, 2.24) is 4.57 Å². The van der Waals surface area contributed by atoms with Crippen LogP contribution in [0.15, 0.2) is 101 Å². The van der Waals surface area contributed by atoms with Crippen molar-refractivity contribution in [1.29, 1.82) is 0 Å². The van der Waals surface area contributed by atoms with Gasteiger partial charge in [0.05, 0.1) is 20.6 Å². The van der Waals surface area contributed by atoms with E-state index < -0.39 is 0 Å². The second-order valence-corrected chi connectivity index (χ2v) is 6.68. The highest BCUT2D eigenvalue weighted by Gasteiger charge is 2.14. The number of hydrogen-bond acceptors (Lipinski definition) is 0. The van der Waals surface area contributed by atoms with Crippen molar-refractivity contribution in [2.75, 3.05) is 0 Å². The molecule has 5 rings (SSSR count). The van der Waals surface area contributed by atoms with E-state index in [0.29, 0.717) is 11.1 Å². The molecule has 26 heavy (non-hydrogen) atoms. The topological polar surface area (TPSA) is 4.93 Å². The molecule has 0 aliphatic heterocycles. The van der Waals surface area contributed by atoms with Crippen LogP contribution >= 0.6 is 15.9 Å². The van der Waals surface area contributed by atoms with Gasteiger partial charge in [0.15, 0.2) is 0 Å². The average Bonchev–Trinajstić information content (AvgIpc) is 3.20. The van der Waals surface area contributed by atoms with E-state index in [9.17, 15) is 0 Å². The third-order valence-electron chi connectivity index (χ3n) is 4.39.